The predicted molar refractivity (Wildman–Crippen MR) is 65.6 cm³/mol. The Hall–Kier alpha value is -1.27. The van der Waals surface area contributed by atoms with E-state index < -0.39 is 11.7 Å². The van der Waals surface area contributed by atoms with Crippen LogP contribution >= 0.6 is 23.2 Å². The molecule has 0 aliphatic carbocycles. The normalized spacial score (nSPS) is 13.6. The minimum atomic E-state index is -4.52. The molecule has 0 saturated carbocycles. The van der Waals surface area contributed by atoms with Crippen LogP contribution in [0.4, 0.5) is 13.2 Å². The molecule has 0 aliphatic rings. The monoisotopic (exact) mass is 309 g/mol. The Kier molecular flexibility index (Phi) is 3.73. The van der Waals surface area contributed by atoms with Crippen molar-refractivity contribution in [1.29, 1.82) is 0 Å². The second-order valence-electron chi connectivity index (χ2n) is 3.87. The number of hydrogen-bond donors (Lipinski definition) is 0. The van der Waals surface area contributed by atoms with E-state index in [4.69, 9.17) is 23.2 Å². The molecule has 19 heavy (non-hydrogen) atoms. The van der Waals surface area contributed by atoms with E-state index in [-0.39, 0.29) is 16.1 Å². The number of benzene rings is 1. The molecule has 0 spiro atoms. The highest BCUT2D eigenvalue weighted by Crippen LogP contribution is 2.35. The van der Waals surface area contributed by atoms with Gasteiger partial charge in [0.05, 0.1) is 27.8 Å². The highest BCUT2D eigenvalue weighted by atomic mass is 35.5. The second kappa shape index (κ2) is 5.02. The molecule has 1 unspecified atom stereocenters. The molecule has 8 heteroatoms. The first-order chi connectivity index (χ1) is 8.79. The molecule has 102 valence electrons. The zero-order chi connectivity index (χ0) is 14.2. The van der Waals surface area contributed by atoms with Gasteiger partial charge in [-0.1, -0.05) is 16.8 Å². The number of hydrogen-bond acceptors (Lipinski definition) is 2. The summed E-state index contributed by atoms with van der Waals surface area (Å²) in [5.41, 5.74) is -0.222. The molecule has 0 N–H and O–H groups in total. The summed E-state index contributed by atoms with van der Waals surface area (Å²) < 4.78 is 39.4. The Morgan fingerprint density at radius 2 is 2.00 bits per heavy atom. The SMILES string of the molecule is CC(Cl)c1cn(-c2ccc(Cl)c(C(F)(F)F)c2)nn1. The van der Waals surface area contributed by atoms with Crippen molar-refractivity contribution in [2.45, 2.75) is 18.5 Å². The summed E-state index contributed by atoms with van der Waals surface area (Å²) in [5.74, 6) is 0. The summed E-state index contributed by atoms with van der Waals surface area (Å²) in [7, 11) is 0. The highest BCUT2D eigenvalue weighted by Gasteiger charge is 2.33. The summed E-state index contributed by atoms with van der Waals surface area (Å²) in [4.78, 5) is 0. The van der Waals surface area contributed by atoms with Crippen molar-refractivity contribution < 1.29 is 13.2 Å². The van der Waals surface area contributed by atoms with Crippen LogP contribution in [0.25, 0.3) is 5.69 Å². The van der Waals surface area contributed by atoms with Gasteiger partial charge in [-0.15, -0.1) is 16.7 Å². The summed E-state index contributed by atoms with van der Waals surface area (Å²) in [6.07, 6.45) is -3.04. The molecular formula is C11H8Cl2F3N3. The van der Waals surface area contributed by atoms with Gasteiger partial charge < -0.3 is 0 Å². The van der Waals surface area contributed by atoms with Crippen LogP contribution in [0, 0.1) is 0 Å². The van der Waals surface area contributed by atoms with Crippen molar-refractivity contribution in [3.8, 4) is 5.69 Å². The van der Waals surface area contributed by atoms with Crippen LogP contribution in [0.15, 0.2) is 24.4 Å². The number of halogens is 5. The van der Waals surface area contributed by atoms with Crippen molar-refractivity contribution in [3.05, 3.63) is 40.7 Å². The summed E-state index contributed by atoms with van der Waals surface area (Å²) in [6.45, 7) is 1.69. The maximum Gasteiger partial charge on any atom is 0.417 e. The number of alkyl halides is 4. The van der Waals surface area contributed by atoms with Gasteiger partial charge in [-0.25, -0.2) is 4.68 Å². The fourth-order valence-electron chi connectivity index (χ4n) is 1.46. The number of rotatable bonds is 2. The molecule has 2 rings (SSSR count). The molecular weight excluding hydrogens is 302 g/mol. The third-order valence-corrected chi connectivity index (χ3v) is 2.99. The minimum Gasteiger partial charge on any atom is -0.220 e. The smallest absolute Gasteiger partial charge is 0.220 e. The molecule has 2 aromatic rings. The van der Waals surface area contributed by atoms with E-state index in [0.29, 0.717) is 5.69 Å². The van der Waals surface area contributed by atoms with Gasteiger partial charge >= 0.3 is 6.18 Å². The van der Waals surface area contributed by atoms with Crippen molar-refractivity contribution >= 4 is 23.2 Å². The highest BCUT2D eigenvalue weighted by molar-refractivity contribution is 6.31. The predicted octanol–water partition coefficient (Wildman–Crippen LogP) is 4.24. The fraction of sp³-hybridized carbons (Fsp3) is 0.273. The lowest BCUT2D eigenvalue weighted by Crippen LogP contribution is -2.07. The first-order valence-corrected chi connectivity index (χ1v) is 6.04. The lowest BCUT2D eigenvalue weighted by atomic mass is 10.2. The van der Waals surface area contributed by atoms with Gasteiger partial charge in [0.2, 0.25) is 0 Å². The minimum absolute atomic E-state index is 0.216. The van der Waals surface area contributed by atoms with E-state index in [2.05, 4.69) is 10.3 Å². The van der Waals surface area contributed by atoms with E-state index in [9.17, 15) is 13.2 Å². The largest absolute Gasteiger partial charge is 0.417 e. The maximum absolute atomic E-state index is 12.7. The third kappa shape index (κ3) is 3.01. The van der Waals surface area contributed by atoms with E-state index in [1.54, 1.807) is 6.92 Å². The van der Waals surface area contributed by atoms with E-state index in [1.165, 1.54) is 23.0 Å². The van der Waals surface area contributed by atoms with Gasteiger partial charge in [0, 0.05) is 0 Å². The van der Waals surface area contributed by atoms with Crippen LogP contribution in [0.1, 0.15) is 23.6 Å². The first kappa shape index (κ1) is 14.1. The molecule has 0 aliphatic heterocycles. The van der Waals surface area contributed by atoms with Gasteiger partial charge in [-0.2, -0.15) is 13.2 Å². The molecule has 0 radical (unpaired) electrons. The van der Waals surface area contributed by atoms with Gasteiger partial charge in [0.1, 0.15) is 5.69 Å². The van der Waals surface area contributed by atoms with Crippen molar-refractivity contribution in [1.82, 2.24) is 15.0 Å². The van der Waals surface area contributed by atoms with E-state index in [1.807, 2.05) is 0 Å². The van der Waals surface area contributed by atoms with Crippen molar-refractivity contribution in [2.75, 3.05) is 0 Å². The standard InChI is InChI=1S/C11H8Cl2F3N3/c1-6(12)10-5-19(18-17-10)7-2-3-9(13)8(4-7)11(14,15)16/h2-6H,1H3. The molecule has 0 bridgehead atoms. The quantitative estimate of drug-likeness (QED) is 0.777. The zero-order valence-electron chi connectivity index (χ0n) is 9.62. The molecule has 3 nitrogen and oxygen atoms in total. The number of nitrogens with zero attached hydrogens (tertiary/aromatic N) is 3. The van der Waals surface area contributed by atoms with E-state index >= 15 is 0 Å². The molecule has 0 saturated heterocycles. The molecule has 1 atom stereocenters. The van der Waals surface area contributed by atoms with Crippen LogP contribution in [0.2, 0.25) is 5.02 Å². The van der Waals surface area contributed by atoms with Crippen LogP contribution in [-0.4, -0.2) is 15.0 Å². The Labute approximate surface area is 116 Å². The average molecular weight is 310 g/mol. The Balaban J connectivity index is 2.45. The molecule has 0 amide bonds. The van der Waals surface area contributed by atoms with Gasteiger partial charge in [-0.3, -0.25) is 0 Å². The Morgan fingerprint density at radius 3 is 2.53 bits per heavy atom. The molecule has 1 aromatic heterocycles. The Morgan fingerprint density at radius 1 is 1.32 bits per heavy atom. The topological polar surface area (TPSA) is 30.7 Å². The molecule has 0 fully saturated rings. The lowest BCUT2D eigenvalue weighted by Gasteiger charge is -2.10. The second-order valence-corrected chi connectivity index (χ2v) is 4.93. The molecule has 1 aromatic carbocycles. The zero-order valence-corrected chi connectivity index (χ0v) is 11.1. The fourth-order valence-corrected chi connectivity index (χ4v) is 1.78. The van der Waals surface area contributed by atoms with Gasteiger partial charge in [-0.05, 0) is 25.1 Å². The summed E-state index contributed by atoms with van der Waals surface area (Å²) in [5, 5.41) is 6.77. The maximum atomic E-state index is 12.7. The van der Waals surface area contributed by atoms with Gasteiger partial charge in [0.25, 0.3) is 0 Å². The van der Waals surface area contributed by atoms with E-state index in [0.717, 1.165) is 6.07 Å². The van der Waals surface area contributed by atoms with Crippen LogP contribution in [-0.2, 0) is 6.18 Å². The van der Waals surface area contributed by atoms with Crippen LogP contribution in [0.5, 0.6) is 0 Å². The lowest BCUT2D eigenvalue weighted by molar-refractivity contribution is -0.137. The molecule has 1 heterocycles. The Bertz CT molecular complexity index is 593. The average Bonchev–Trinajstić information content (AvgIpc) is 2.77. The van der Waals surface area contributed by atoms with Crippen molar-refractivity contribution in [2.24, 2.45) is 0 Å². The van der Waals surface area contributed by atoms with Crippen molar-refractivity contribution in [3.63, 3.8) is 0 Å². The number of aromatic nitrogens is 3. The summed E-state index contributed by atoms with van der Waals surface area (Å²) >= 11 is 11.4. The van der Waals surface area contributed by atoms with Crippen LogP contribution in [0.3, 0.4) is 0 Å². The summed E-state index contributed by atoms with van der Waals surface area (Å²) in [6, 6.07) is 3.51. The third-order valence-electron chi connectivity index (χ3n) is 2.44. The van der Waals surface area contributed by atoms with Gasteiger partial charge in [0.15, 0.2) is 0 Å². The first-order valence-electron chi connectivity index (χ1n) is 5.22. The van der Waals surface area contributed by atoms with Crippen LogP contribution < -0.4 is 0 Å².